The quantitative estimate of drug-likeness (QED) is 0.510. The zero-order valence-electron chi connectivity index (χ0n) is 9.39. The van der Waals surface area contributed by atoms with Crippen LogP contribution in [-0.4, -0.2) is 22.2 Å². The predicted octanol–water partition coefficient (Wildman–Crippen LogP) is 3.12. The van der Waals surface area contributed by atoms with E-state index in [2.05, 4.69) is 15.0 Å². The van der Waals surface area contributed by atoms with Gasteiger partial charge >= 0.3 is 0 Å². The highest BCUT2D eigenvalue weighted by molar-refractivity contribution is 7.17. The molecule has 0 aliphatic heterocycles. The van der Waals surface area contributed by atoms with Crippen LogP contribution in [0.5, 0.6) is 0 Å². The van der Waals surface area contributed by atoms with E-state index in [4.69, 9.17) is 5.53 Å². The monoisotopic (exact) mass is 258 g/mol. The zero-order valence-corrected chi connectivity index (χ0v) is 10.2. The van der Waals surface area contributed by atoms with Gasteiger partial charge in [-0.15, -0.1) is 11.3 Å². The zero-order chi connectivity index (χ0) is 12.5. The molecule has 0 amide bonds. The van der Waals surface area contributed by atoms with Gasteiger partial charge in [0.15, 0.2) is 0 Å². The van der Waals surface area contributed by atoms with Crippen LogP contribution in [0.2, 0.25) is 0 Å². The summed E-state index contributed by atoms with van der Waals surface area (Å²) in [6.07, 6.45) is 3.51. The Morgan fingerprint density at radius 1 is 1.56 bits per heavy atom. The Morgan fingerprint density at radius 2 is 2.44 bits per heavy atom. The van der Waals surface area contributed by atoms with Crippen LogP contribution in [-0.2, 0) is 0 Å². The molecule has 0 saturated carbocycles. The van der Waals surface area contributed by atoms with Gasteiger partial charge in [0, 0.05) is 21.9 Å². The summed E-state index contributed by atoms with van der Waals surface area (Å²) in [5, 5.41) is 16.5. The lowest BCUT2D eigenvalue weighted by Crippen LogP contribution is -2.15. The Labute approximate surface area is 107 Å². The van der Waals surface area contributed by atoms with Crippen LogP contribution in [0.25, 0.3) is 26.2 Å². The maximum atomic E-state index is 9.83. The number of nitrogens with zero attached hydrogens (tertiary/aromatic N) is 4. The molecule has 2 unspecified atom stereocenters. The highest BCUT2D eigenvalue weighted by Gasteiger charge is 2.26. The van der Waals surface area contributed by atoms with Crippen LogP contribution >= 0.6 is 11.3 Å². The lowest BCUT2D eigenvalue weighted by atomic mass is 10.1. The second kappa shape index (κ2) is 4.42. The first-order valence-electron chi connectivity index (χ1n) is 5.55. The van der Waals surface area contributed by atoms with Crippen molar-refractivity contribution in [1.82, 2.24) is 4.98 Å². The third-order valence-electron chi connectivity index (χ3n) is 3.08. The molecule has 1 aliphatic carbocycles. The normalized spacial score (nSPS) is 22.8. The van der Waals surface area contributed by atoms with E-state index in [1.54, 1.807) is 17.5 Å². The molecule has 5 nitrogen and oxygen atoms in total. The van der Waals surface area contributed by atoms with Crippen molar-refractivity contribution in [2.45, 2.75) is 18.6 Å². The SMILES string of the molecule is [N-]=[N+]=NC1C=C(c2csc3ncccc23)CC1O. The predicted molar refractivity (Wildman–Crippen MR) is 71.2 cm³/mol. The maximum Gasteiger partial charge on any atom is 0.123 e. The average Bonchev–Trinajstić information content (AvgIpc) is 2.94. The largest absolute Gasteiger partial charge is 0.392 e. The van der Waals surface area contributed by atoms with Crippen LogP contribution in [0.1, 0.15) is 12.0 Å². The minimum Gasteiger partial charge on any atom is -0.392 e. The van der Waals surface area contributed by atoms with Crippen LogP contribution in [0.3, 0.4) is 0 Å². The number of azide groups is 1. The molecule has 1 N–H and O–H groups in total. The number of aliphatic hydroxyl groups excluding tert-OH is 1. The topological polar surface area (TPSA) is 81.9 Å². The molecule has 0 bridgehead atoms. The van der Waals surface area contributed by atoms with E-state index in [1.807, 2.05) is 23.6 Å². The Kier molecular flexibility index (Phi) is 2.76. The van der Waals surface area contributed by atoms with Gasteiger partial charge in [0.25, 0.3) is 0 Å². The van der Waals surface area contributed by atoms with Crippen LogP contribution < -0.4 is 0 Å². The molecule has 0 aromatic carbocycles. The number of hydrogen-bond acceptors (Lipinski definition) is 4. The van der Waals surface area contributed by atoms with E-state index in [0.29, 0.717) is 6.42 Å². The first-order valence-corrected chi connectivity index (χ1v) is 6.43. The molecule has 6 heteroatoms. The van der Waals surface area contributed by atoms with Crippen molar-refractivity contribution in [3.63, 3.8) is 0 Å². The summed E-state index contributed by atoms with van der Waals surface area (Å²) in [5.41, 5.74) is 10.6. The van der Waals surface area contributed by atoms with E-state index in [9.17, 15) is 5.11 Å². The number of rotatable bonds is 2. The minimum absolute atomic E-state index is 0.461. The lowest BCUT2D eigenvalue weighted by Gasteiger charge is -2.05. The molecule has 0 fully saturated rings. The lowest BCUT2D eigenvalue weighted by molar-refractivity contribution is 0.174. The molecule has 0 saturated heterocycles. The number of hydrogen-bond donors (Lipinski definition) is 1. The van der Waals surface area contributed by atoms with Crippen molar-refractivity contribution in [2.75, 3.05) is 0 Å². The number of aromatic nitrogens is 1. The number of pyridine rings is 1. The van der Waals surface area contributed by atoms with Crippen molar-refractivity contribution >= 4 is 27.1 Å². The molecule has 2 aromatic heterocycles. The Bertz CT molecular complexity index is 672. The Hall–Kier alpha value is -1.88. The smallest absolute Gasteiger partial charge is 0.123 e. The highest BCUT2D eigenvalue weighted by atomic mass is 32.1. The van der Waals surface area contributed by atoms with Crippen molar-refractivity contribution in [3.8, 4) is 0 Å². The molecule has 0 spiro atoms. The summed E-state index contributed by atoms with van der Waals surface area (Å²) in [5.74, 6) is 0. The summed E-state index contributed by atoms with van der Waals surface area (Å²) < 4.78 is 0. The van der Waals surface area contributed by atoms with Gasteiger partial charge in [-0.05, 0) is 35.2 Å². The Morgan fingerprint density at radius 3 is 3.28 bits per heavy atom. The summed E-state index contributed by atoms with van der Waals surface area (Å²) >= 11 is 1.58. The third-order valence-corrected chi connectivity index (χ3v) is 3.98. The van der Waals surface area contributed by atoms with Crippen molar-refractivity contribution < 1.29 is 5.11 Å². The van der Waals surface area contributed by atoms with Gasteiger partial charge < -0.3 is 5.11 Å². The van der Waals surface area contributed by atoms with E-state index in [-0.39, 0.29) is 0 Å². The number of thiophene rings is 1. The summed E-state index contributed by atoms with van der Waals surface area (Å²) in [7, 11) is 0. The van der Waals surface area contributed by atoms with E-state index >= 15 is 0 Å². The van der Waals surface area contributed by atoms with Crippen molar-refractivity contribution in [2.24, 2.45) is 5.11 Å². The highest BCUT2D eigenvalue weighted by Crippen LogP contribution is 2.36. The number of fused-ring (bicyclic) bond motifs is 1. The van der Waals surface area contributed by atoms with Gasteiger partial charge in [-0.2, -0.15) is 0 Å². The first kappa shape index (κ1) is 11.2. The summed E-state index contributed by atoms with van der Waals surface area (Å²) in [4.78, 5) is 8.03. The number of aliphatic hydroxyl groups is 1. The molecule has 1 aliphatic rings. The molecule has 3 rings (SSSR count). The molecule has 2 atom stereocenters. The van der Waals surface area contributed by atoms with Gasteiger partial charge in [-0.1, -0.05) is 11.2 Å². The van der Waals surface area contributed by atoms with E-state index < -0.39 is 12.1 Å². The fourth-order valence-corrected chi connectivity index (χ4v) is 3.15. The second-order valence-corrected chi connectivity index (χ2v) is 5.02. The first-order chi connectivity index (χ1) is 8.79. The molecule has 0 radical (unpaired) electrons. The molecular weight excluding hydrogens is 248 g/mol. The van der Waals surface area contributed by atoms with Crippen molar-refractivity contribution in [1.29, 1.82) is 0 Å². The van der Waals surface area contributed by atoms with E-state index in [1.165, 1.54) is 0 Å². The minimum atomic E-state index is -0.623. The van der Waals surface area contributed by atoms with Gasteiger partial charge in [-0.25, -0.2) is 4.98 Å². The molecule has 90 valence electrons. The van der Waals surface area contributed by atoms with Crippen molar-refractivity contribution in [3.05, 3.63) is 45.8 Å². The maximum absolute atomic E-state index is 9.83. The standard InChI is InChI=1S/C12H10N4OS/c13-16-15-10-4-7(5-11(10)17)9-6-18-12-8(9)2-1-3-14-12/h1-4,6,10-11,17H,5H2. The molecule has 2 heterocycles. The van der Waals surface area contributed by atoms with Gasteiger partial charge in [-0.3, -0.25) is 0 Å². The second-order valence-electron chi connectivity index (χ2n) is 4.16. The Balaban J connectivity index is 2.06. The third kappa shape index (κ3) is 1.76. The van der Waals surface area contributed by atoms with Gasteiger partial charge in [0.1, 0.15) is 4.83 Å². The van der Waals surface area contributed by atoms with Gasteiger partial charge in [0.05, 0.1) is 12.1 Å². The summed E-state index contributed by atoms with van der Waals surface area (Å²) in [6.45, 7) is 0. The molecule has 2 aromatic rings. The molecule has 18 heavy (non-hydrogen) atoms. The van der Waals surface area contributed by atoms with E-state index in [0.717, 1.165) is 21.4 Å². The van der Waals surface area contributed by atoms with Crippen LogP contribution in [0, 0.1) is 0 Å². The summed E-state index contributed by atoms with van der Waals surface area (Å²) in [6, 6.07) is 3.45. The van der Waals surface area contributed by atoms with Crippen LogP contribution in [0.15, 0.2) is 34.9 Å². The van der Waals surface area contributed by atoms with Gasteiger partial charge in [0.2, 0.25) is 0 Å². The molecular formula is C12H10N4OS. The average molecular weight is 258 g/mol. The fourth-order valence-electron chi connectivity index (χ4n) is 2.22. The fraction of sp³-hybridized carbons (Fsp3) is 0.250. The van der Waals surface area contributed by atoms with Crippen LogP contribution in [0.4, 0.5) is 0 Å².